The smallest absolute Gasteiger partial charge is 0.420 e. The number of rotatable bonds is 6. The van der Waals surface area contributed by atoms with E-state index in [1.165, 1.54) is 4.90 Å². The Hall–Kier alpha value is -2.13. The summed E-state index contributed by atoms with van der Waals surface area (Å²) < 4.78 is 16.4. The van der Waals surface area contributed by atoms with Gasteiger partial charge in [0.05, 0.1) is 37.0 Å². The minimum Gasteiger partial charge on any atom is -0.446 e. The van der Waals surface area contributed by atoms with E-state index in [2.05, 4.69) is 9.88 Å². The third kappa shape index (κ3) is 4.47. The lowest BCUT2D eigenvalue weighted by Gasteiger charge is -2.29. The molecule has 1 aromatic carbocycles. The average Bonchev–Trinajstić information content (AvgIpc) is 2.75. The third-order valence-corrected chi connectivity index (χ3v) is 5.68. The number of anilines is 2. The van der Waals surface area contributed by atoms with Crippen LogP contribution in [-0.4, -0.2) is 68.6 Å². The predicted octanol–water partition coefficient (Wildman–Crippen LogP) is 3.17. The van der Waals surface area contributed by atoms with Crippen molar-refractivity contribution < 1.29 is 19.0 Å². The maximum atomic E-state index is 12.8. The Morgan fingerprint density at radius 1 is 1.07 bits per heavy atom. The number of fused-ring (bicyclic) bond motifs is 2. The summed E-state index contributed by atoms with van der Waals surface area (Å²) in [4.78, 5) is 22.9. The van der Waals surface area contributed by atoms with E-state index in [9.17, 15) is 4.79 Å². The van der Waals surface area contributed by atoms with Gasteiger partial charge in [-0.15, -0.1) is 0 Å². The molecule has 0 radical (unpaired) electrons. The molecule has 1 fully saturated rings. The van der Waals surface area contributed by atoms with Crippen molar-refractivity contribution in [2.24, 2.45) is 0 Å². The number of para-hydroxylation sites is 1. The monoisotopic (exact) mass is 401 g/mol. The van der Waals surface area contributed by atoms with Crippen LogP contribution in [0.15, 0.2) is 52.4 Å². The lowest BCUT2D eigenvalue weighted by atomic mass is 10.2. The quantitative estimate of drug-likeness (QED) is 0.689. The fraction of sp³-hybridized carbons (Fsp3) is 0.400. The minimum atomic E-state index is -0.440. The van der Waals surface area contributed by atoms with Crippen LogP contribution in [0.4, 0.5) is 16.3 Å². The molecule has 2 aromatic rings. The maximum absolute atomic E-state index is 12.8. The molecule has 3 heterocycles. The number of aromatic nitrogens is 1. The molecule has 0 atom stereocenters. The number of carbonyl (C=O) groups excluding carboxylic acids is 1. The Morgan fingerprint density at radius 2 is 1.89 bits per heavy atom. The number of benzene rings is 1. The summed E-state index contributed by atoms with van der Waals surface area (Å²) in [5.41, 5.74) is 0.789. The highest BCUT2D eigenvalue weighted by molar-refractivity contribution is 7.99. The van der Waals surface area contributed by atoms with Gasteiger partial charge in [0.1, 0.15) is 6.61 Å². The van der Waals surface area contributed by atoms with Crippen molar-refractivity contribution in [3.05, 3.63) is 42.6 Å². The Balaban J connectivity index is 1.30. The lowest BCUT2D eigenvalue weighted by Crippen LogP contribution is -2.38. The van der Waals surface area contributed by atoms with Gasteiger partial charge in [0.2, 0.25) is 0 Å². The molecule has 2 aliphatic heterocycles. The van der Waals surface area contributed by atoms with Crippen molar-refractivity contribution in [2.75, 3.05) is 57.6 Å². The molecule has 7 nitrogen and oxygen atoms in total. The second kappa shape index (κ2) is 9.38. The van der Waals surface area contributed by atoms with Gasteiger partial charge in [-0.3, -0.25) is 4.90 Å². The first-order valence-corrected chi connectivity index (χ1v) is 10.2. The molecule has 0 spiro atoms. The third-order valence-electron chi connectivity index (χ3n) is 4.58. The molecule has 0 bridgehead atoms. The van der Waals surface area contributed by atoms with E-state index < -0.39 is 6.09 Å². The molecule has 1 amide bonds. The Kier molecular flexibility index (Phi) is 6.43. The van der Waals surface area contributed by atoms with Crippen LogP contribution >= 0.6 is 11.8 Å². The van der Waals surface area contributed by atoms with E-state index >= 15 is 0 Å². The summed E-state index contributed by atoms with van der Waals surface area (Å²) >= 11 is 1.60. The highest BCUT2D eigenvalue weighted by Crippen LogP contribution is 2.46. The lowest BCUT2D eigenvalue weighted by molar-refractivity contribution is 0.0146. The zero-order valence-electron chi connectivity index (χ0n) is 15.6. The van der Waals surface area contributed by atoms with E-state index in [0.29, 0.717) is 19.0 Å². The highest BCUT2D eigenvalue weighted by atomic mass is 32.2. The summed E-state index contributed by atoms with van der Waals surface area (Å²) in [6.45, 7) is 5.50. The van der Waals surface area contributed by atoms with E-state index in [1.807, 2.05) is 36.4 Å². The van der Waals surface area contributed by atoms with E-state index in [1.54, 1.807) is 18.0 Å². The zero-order chi connectivity index (χ0) is 19.2. The average molecular weight is 401 g/mol. The van der Waals surface area contributed by atoms with Crippen LogP contribution in [0.1, 0.15) is 0 Å². The first-order valence-electron chi connectivity index (χ1n) is 9.39. The van der Waals surface area contributed by atoms with Gasteiger partial charge < -0.3 is 14.2 Å². The molecular formula is C20H23N3O4S. The van der Waals surface area contributed by atoms with Crippen molar-refractivity contribution >= 4 is 29.4 Å². The molecular weight excluding hydrogens is 378 g/mol. The molecule has 2 aliphatic rings. The Morgan fingerprint density at radius 3 is 2.79 bits per heavy atom. The van der Waals surface area contributed by atoms with Crippen LogP contribution in [0.5, 0.6) is 0 Å². The normalized spacial score (nSPS) is 16.4. The SMILES string of the molecule is O=C(OCCOCCN1CCOCC1)N1c2ccccc2Sc2cccnc21. The molecule has 1 saturated heterocycles. The fourth-order valence-corrected chi connectivity index (χ4v) is 4.18. The molecule has 0 aliphatic carbocycles. The Labute approximate surface area is 168 Å². The van der Waals surface area contributed by atoms with E-state index in [-0.39, 0.29) is 6.61 Å². The van der Waals surface area contributed by atoms with Crippen LogP contribution in [0.2, 0.25) is 0 Å². The van der Waals surface area contributed by atoms with E-state index in [0.717, 1.165) is 48.3 Å². The molecule has 0 saturated carbocycles. The molecule has 0 unspecified atom stereocenters. The second-order valence-corrected chi connectivity index (χ2v) is 7.49. The number of morpholine rings is 1. The molecule has 1 aromatic heterocycles. The zero-order valence-corrected chi connectivity index (χ0v) is 16.4. The van der Waals surface area contributed by atoms with Crippen LogP contribution < -0.4 is 4.90 Å². The number of hydrogen-bond donors (Lipinski definition) is 0. The van der Waals surface area contributed by atoms with E-state index in [4.69, 9.17) is 14.2 Å². The van der Waals surface area contributed by atoms with Gasteiger partial charge in [0.15, 0.2) is 5.82 Å². The number of amides is 1. The largest absolute Gasteiger partial charge is 0.446 e. The topological polar surface area (TPSA) is 64.1 Å². The summed E-state index contributed by atoms with van der Waals surface area (Å²) in [5.74, 6) is 0.601. The molecule has 4 rings (SSSR count). The van der Waals surface area contributed by atoms with Crippen molar-refractivity contribution in [2.45, 2.75) is 9.79 Å². The summed E-state index contributed by atoms with van der Waals surface area (Å²) in [7, 11) is 0. The maximum Gasteiger partial charge on any atom is 0.420 e. The van der Waals surface area contributed by atoms with Crippen LogP contribution in [0, 0.1) is 0 Å². The van der Waals surface area contributed by atoms with Gasteiger partial charge in [0.25, 0.3) is 0 Å². The number of pyridine rings is 1. The minimum absolute atomic E-state index is 0.204. The molecule has 8 heteroatoms. The molecule has 148 valence electrons. The number of carbonyl (C=O) groups is 1. The number of hydrogen-bond acceptors (Lipinski definition) is 7. The van der Waals surface area contributed by atoms with Crippen molar-refractivity contribution in [1.82, 2.24) is 9.88 Å². The summed E-state index contributed by atoms with van der Waals surface area (Å²) in [6, 6.07) is 11.6. The van der Waals surface area contributed by atoms with Crippen molar-refractivity contribution in [1.29, 1.82) is 0 Å². The molecule has 0 N–H and O–H groups in total. The summed E-state index contributed by atoms with van der Waals surface area (Å²) in [5, 5.41) is 0. The van der Waals surface area contributed by atoms with Gasteiger partial charge >= 0.3 is 6.09 Å². The van der Waals surface area contributed by atoms with Crippen molar-refractivity contribution in [3.63, 3.8) is 0 Å². The van der Waals surface area contributed by atoms with Crippen LogP contribution in [-0.2, 0) is 14.2 Å². The van der Waals surface area contributed by atoms with Gasteiger partial charge in [-0.1, -0.05) is 23.9 Å². The first kappa shape index (κ1) is 19.2. The number of nitrogens with zero attached hydrogens (tertiary/aromatic N) is 3. The summed E-state index contributed by atoms with van der Waals surface area (Å²) in [6.07, 6.45) is 1.24. The highest BCUT2D eigenvalue weighted by Gasteiger charge is 2.30. The van der Waals surface area contributed by atoms with Gasteiger partial charge in [-0.05, 0) is 24.3 Å². The fourth-order valence-electron chi connectivity index (χ4n) is 3.15. The van der Waals surface area contributed by atoms with Crippen molar-refractivity contribution in [3.8, 4) is 0 Å². The standard InChI is InChI=1S/C20H23N3O4S/c24-20(27-15-14-26-13-10-22-8-11-25-12-9-22)23-16-4-1-2-5-17(16)28-18-6-3-7-21-19(18)23/h1-7H,8-15H2. The second-order valence-electron chi connectivity index (χ2n) is 6.41. The molecule has 28 heavy (non-hydrogen) atoms. The van der Waals surface area contributed by atoms with Crippen LogP contribution in [0.25, 0.3) is 0 Å². The van der Waals surface area contributed by atoms with Crippen LogP contribution in [0.3, 0.4) is 0 Å². The van der Waals surface area contributed by atoms with Gasteiger partial charge in [-0.2, -0.15) is 0 Å². The Bertz CT molecular complexity index is 768. The number of ether oxygens (including phenoxy) is 3. The van der Waals surface area contributed by atoms with Gasteiger partial charge in [-0.25, -0.2) is 14.7 Å². The van der Waals surface area contributed by atoms with Gasteiger partial charge in [0, 0.05) is 30.7 Å². The predicted molar refractivity (Wildman–Crippen MR) is 106 cm³/mol. The first-order chi connectivity index (χ1) is 13.8.